The Morgan fingerprint density at radius 3 is 2.09 bits per heavy atom. The van der Waals surface area contributed by atoms with Gasteiger partial charge < -0.3 is 23.7 Å². The Bertz CT molecular complexity index is 293. The van der Waals surface area contributed by atoms with Gasteiger partial charge in [-0.1, -0.05) is 13.0 Å². The monoisotopic (exact) mass is 316 g/mol. The van der Waals surface area contributed by atoms with E-state index < -0.39 is 0 Å². The molecule has 0 radical (unpaired) electrons. The van der Waals surface area contributed by atoms with Crippen molar-refractivity contribution in [2.24, 2.45) is 0 Å². The number of hydrogen-bond donors (Lipinski definition) is 0. The lowest BCUT2D eigenvalue weighted by atomic mass is 10.3. The fraction of sp³-hybridized carbons (Fsp3) is 0.765. The van der Waals surface area contributed by atoms with Gasteiger partial charge in [0.05, 0.1) is 26.9 Å². The predicted molar refractivity (Wildman–Crippen MR) is 87.8 cm³/mol. The van der Waals surface area contributed by atoms with Crippen molar-refractivity contribution in [1.82, 2.24) is 0 Å². The van der Waals surface area contributed by atoms with E-state index in [1.54, 1.807) is 7.11 Å². The topological polar surface area (TPSA) is 46.2 Å². The molecule has 0 aromatic heterocycles. The SMILES string of the molecule is C/C=C\C(OCCOCCOCCCOCC)=C(/CC)OC. The van der Waals surface area contributed by atoms with Crippen LogP contribution in [0.25, 0.3) is 0 Å². The van der Waals surface area contributed by atoms with Crippen molar-refractivity contribution in [3.63, 3.8) is 0 Å². The molecule has 0 atom stereocenters. The summed E-state index contributed by atoms with van der Waals surface area (Å²) in [5.41, 5.74) is 0. The molecule has 0 aliphatic rings. The lowest BCUT2D eigenvalue weighted by Crippen LogP contribution is -2.11. The molecule has 22 heavy (non-hydrogen) atoms. The van der Waals surface area contributed by atoms with Crippen LogP contribution in [0.2, 0.25) is 0 Å². The molecular weight excluding hydrogens is 284 g/mol. The summed E-state index contributed by atoms with van der Waals surface area (Å²) in [6.45, 7) is 10.4. The molecule has 0 aromatic carbocycles. The van der Waals surface area contributed by atoms with Crippen LogP contribution in [0.4, 0.5) is 0 Å². The Hall–Kier alpha value is -1.04. The molecule has 5 nitrogen and oxygen atoms in total. The van der Waals surface area contributed by atoms with Gasteiger partial charge in [-0.2, -0.15) is 0 Å². The van der Waals surface area contributed by atoms with Crippen molar-refractivity contribution in [2.75, 3.05) is 53.4 Å². The first-order valence-electron chi connectivity index (χ1n) is 8.05. The van der Waals surface area contributed by atoms with Crippen molar-refractivity contribution in [2.45, 2.75) is 33.6 Å². The molecule has 130 valence electrons. The zero-order valence-corrected chi connectivity index (χ0v) is 14.6. The summed E-state index contributed by atoms with van der Waals surface area (Å²) in [5, 5.41) is 0. The van der Waals surface area contributed by atoms with Crippen LogP contribution in [0.15, 0.2) is 23.7 Å². The standard InChI is InChI=1S/C17H32O5/c1-5-9-17(16(6-2)18-4)22-15-14-21-13-12-20-11-8-10-19-7-3/h5,9H,6-8,10-15H2,1-4H3/b9-5-,17-16-. The molecule has 0 bridgehead atoms. The van der Waals surface area contributed by atoms with Gasteiger partial charge in [0.1, 0.15) is 12.4 Å². The van der Waals surface area contributed by atoms with E-state index in [1.807, 2.05) is 32.9 Å². The molecular formula is C17H32O5. The molecule has 0 unspecified atom stereocenters. The van der Waals surface area contributed by atoms with Crippen LogP contribution < -0.4 is 0 Å². The summed E-state index contributed by atoms with van der Waals surface area (Å²) in [6.07, 6.45) is 5.56. The van der Waals surface area contributed by atoms with E-state index in [2.05, 4.69) is 0 Å². The second kappa shape index (κ2) is 16.3. The molecule has 0 saturated heterocycles. The van der Waals surface area contributed by atoms with E-state index in [0.29, 0.717) is 33.0 Å². The first-order chi connectivity index (χ1) is 10.8. The molecule has 0 rings (SSSR count). The van der Waals surface area contributed by atoms with Gasteiger partial charge in [0.2, 0.25) is 0 Å². The summed E-state index contributed by atoms with van der Waals surface area (Å²) in [7, 11) is 1.66. The van der Waals surface area contributed by atoms with Gasteiger partial charge in [0.15, 0.2) is 5.76 Å². The van der Waals surface area contributed by atoms with Gasteiger partial charge in [-0.25, -0.2) is 0 Å². The maximum absolute atomic E-state index is 5.68. The predicted octanol–water partition coefficient (Wildman–Crippen LogP) is 3.31. The maximum Gasteiger partial charge on any atom is 0.156 e. The summed E-state index contributed by atoms with van der Waals surface area (Å²) < 4.78 is 27.1. The Morgan fingerprint density at radius 1 is 0.864 bits per heavy atom. The lowest BCUT2D eigenvalue weighted by molar-refractivity contribution is 0.0203. The van der Waals surface area contributed by atoms with Crippen LogP contribution in [-0.2, 0) is 23.7 Å². The Kier molecular flexibility index (Phi) is 15.6. The van der Waals surface area contributed by atoms with Gasteiger partial charge >= 0.3 is 0 Å². The highest BCUT2D eigenvalue weighted by atomic mass is 16.6. The fourth-order valence-electron chi connectivity index (χ4n) is 1.73. The van der Waals surface area contributed by atoms with Crippen LogP contribution in [0.1, 0.15) is 33.6 Å². The van der Waals surface area contributed by atoms with Crippen molar-refractivity contribution in [3.05, 3.63) is 23.7 Å². The van der Waals surface area contributed by atoms with Gasteiger partial charge in [-0.3, -0.25) is 0 Å². The van der Waals surface area contributed by atoms with Crippen molar-refractivity contribution in [3.8, 4) is 0 Å². The third-order valence-electron chi connectivity index (χ3n) is 2.80. The van der Waals surface area contributed by atoms with Crippen LogP contribution in [0, 0.1) is 0 Å². The average Bonchev–Trinajstić information content (AvgIpc) is 2.53. The second-order valence-electron chi connectivity index (χ2n) is 4.47. The molecule has 0 N–H and O–H groups in total. The van der Waals surface area contributed by atoms with Crippen molar-refractivity contribution >= 4 is 0 Å². The van der Waals surface area contributed by atoms with Crippen LogP contribution >= 0.6 is 0 Å². The number of rotatable bonds is 15. The molecule has 0 aliphatic carbocycles. The van der Waals surface area contributed by atoms with Gasteiger partial charge in [0, 0.05) is 26.2 Å². The minimum atomic E-state index is 0.497. The van der Waals surface area contributed by atoms with Crippen molar-refractivity contribution < 1.29 is 23.7 Å². The number of allylic oxidation sites excluding steroid dienone is 3. The highest BCUT2D eigenvalue weighted by Crippen LogP contribution is 2.12. The first kappa shape index (κ1) is 21.0. The van der Waals surface area contributed by atoms with Crippen LogP contribution in [0.5, 0.6) is 0 Å². The highest BCUT2D eigenvalue weighted by molar-refractivity contribution is 5.15. The second-order valence-corrected chi connectivity index (χ2v) is 4.47. The summed E-state index contributed by atoms with van der Waals surface area (Å²) >= 11 is 0. The largest absolute Gasteiger partial charge is 0.497 e. The molecule has 5 heteroatoms. The molecule has 0 saturated carbocycles. The minimum absolute atomic E-state index is 0.497. The van der Waals surface area contributed by atoms with Gasteiger partial charge in [0.25, 0.3) is 0 Å². The lowest BCUT2D eigenvalue weighted by Gasteiger charge is -2.12. The zero-order chi connectivity index (χ0) is 16.5. The molecule has 0 aromatic rings. The number of methoxy groups -OCH3 is 1. The van der Waals surface area contributed by atoms with E-state index in [-0.39, 0.29) is 0 Å². The van der Waals surface area contributed by atoms with Crippen LogP contribution in [0.3, 0.4) is 0 Å². The van der Waals surface area contributed by atoms with Gasteiger partial charge in [-0.05, 0) is 26.3 Å². The quantitative estimate of drug-likeness (QED) is 0.263. The third-order valence-corrected chi connectivity index (χ3v) is 2.80. The van der Waals surface area contributed by atoms with E-state index in [1.165, 1.54) is 0 Å². The van der Waals surface area contributed by atoms with Gasteiger partial charge in [-0.15, -0.1) is 0 Å². The Balaban J connectivity index is 3.60. The zero-order valence-electron chi connectivity index (χ0n) is 14.6. The molecule has 0 fully saturated rings. The Labute approximate surface area is 135 Å². The minimum Gasteiger partial charge on any atom is -0.497 e. The first-order valence-corrected chi connectivity index (χ1v) is 8.05. The molecule has 0 spiro atoms. The fourth-order valence-corrected chi connectivity index (χ4v) is 1.73. The summed E-state index contributed by atoms with van der Waals surface area (Å²) in [5.74, 6) is 1.61. The molecule has 0 heterocycles. The van der Waals surface area contributed by atoms with E-state index in [0.717, 1.165) is 37.6 Å². The maximum atomic E-state index is 5.68. The normalized spacial score (nSPS) is 12.5. The van der Waals surface area contributed by atoms with E-state index in [9.17, 15) is 0 Å². The molecule has 0 amide bonds. The highest BCUT2D eigenvalue weighted by Gasteiger charge is 2.03. The molecule has 0 aliphatic heterocycles. The average molecular weight is 316 g/mol. The number of ether oxygens (including phenoxy) is 5. The number of hydrogen-bond acceptors (Lipinski definition) is 5. The third kappa shape index (κ3) is 11.6. The van der Waals surface area contributed by atoms with Crippen molar-refractivity contribution in [1.29, 1.82) is 0 Å². The summed E-state index contributed by atoms with van der Waals surface area (Å²) in [4.78, 5) is 0. The van der Waals surface area contributed by atoms with E-state index in [4.69, 9.17) is 23.7 Å². The summed E-state index contributed by atoms with van der Waals surface area (Å²) in [6, 6.07) is 0. The van der Waals surface area contributed by atoms with Crippen LogP contribution in [-0.4, -0.2) is 53.4 Å². The Morgan fingerprint density at radius 2 is 1.50 bits per heavy atom. The smallest absolute Gasteiger partial charge is 0.156 e. The van der Waals surface area contributed by atoms with E-state index >= 15 is 0 Å².